The Morgan fingerprint density at radius 3 is 2.04 bits per heavy atom. The molecule has 1 N–H and O–H groups in total. The third kappa shape index (κ3) is 7.03. The summed E-state index contributed by atoms with van der Waals surface area (Å²) < 4.78 is 53.0. The highest BCUT2D eigenvalue weighted by Crippen LogP contribution is 2.60. The number of aromatic nitrogens is 4. The molecular formula is C40H50N5O7PSi. The second-order valence-electron chi connectivity index (χ2n) is 15.7. The van der Waals surface area contributed by atoms with Crippen molar-refractivity contribution in [3.05, 3.63) is 114 Å². The third-order valence-electron chi connectivity index (χ3n) is 10.7. The van der Waals surface area contributed by atoms with Gasteiger partial charge in [-0.2, -0.15) is 0 Å². The van der Waals surface area contributed by atoms with Crippen LogP contribution in [0.3, 0.4) is 0 Å². The number of phosphoric ester groups is 1. The van der Waals surface area contributed by atoms with Crippen LogP contribution in [0.2, 0.25) is 18.1 Å². The number of benzene rings is 3. The first-order chi connectivity index (χ1) is 25.7. The van der Waals surface area contributed by atoms with Crippen LogP contribution in [0.1, 0.15) is 64.5 Å². The molecule has 5 aromatic rings. The summed E-state index contributed by atoms with van der Waals surface area (Å²) in [5, 5.41) is 3.71. The fourth-order valence-electron chi connectivity index (χ4n) is 7.02. The monoisotopic (exact) mass is 771 g/mol. The van der Waals surface area contributed by atoms with Gasteiger partial charge in [-0.1, -0.05) is 93.6 Å². The predicted octanol–water partition coefficient (Wildman–Crippen LogP) is 8.86. The molecule has 7 rings (SSSR count). The highest BCUT2D eigenvalue weighted by Gasteiger charge is 2.59. The summed E-state index contributed by atoms with van der Waals surface area (Å²) in [5.74, 6) is 1.27. The van der Waals surface area contributed by atoms with Crippen LogP contribution < -0.4 is 10.1 Å². The van der Waals surface area contributed by atoms with Gasteiger partial charge in [0, 0.05) is 0 Å². The van der Waals surface area contributed by atoms with Gasteiger partial charge in [0.05, 0.1) is 25.6 Å². The van der Waals surface area contributed by atoms with E-state index in [1.807, 2.05) is 60.0 Å². The Labute approximate surface area is 318 Å². The second-order valence-corrected chi connectivity index (χ2v) is 22.0. The van der Waals surface area contributed by atoms with E-state index in [-0.39, 0.29) is 11.1 Å². The number of anilines is 1. The molecular weight excluding hydrogens is 722 g/mol. The van der Waals surface area contributed by atoms with Crippen molar-refractivity contribution < 1.29 is 32.0 Å². The van der Waals surface area contributed by atoms with E-state index in [9.17, 15) is 4.57 Å². The maximum atomic E-state index is 13.9. The lowest BCUT2D eigenvalue weighted by Gasteiger charge is -2.42. The average Bonchev–Trinajstić information content (AvgIpc) is 3.72. The lowest BCUT2D eigenvalue weighted by Crippen LogP contribution is -2.51. The Kier molecular flexibility index (Phi) is 10.4. The standard InChI is InChI=1S/C40H50N5O7PSi/c1-26(2)49-53(46)50-27(3)33-34(51-53)35(52-54(8,9)39(4,5)6)38(48-33)45-25-43-32-36(41-24-42-37(32)45)44-40(28-16-12-10-13-17-28,29-18-14-11-15-19-29)30-20-22-31(47-7)23-21-30/h10-27,33-35,38H,1-9H3,(H,41,42,44)/t27-,33?,34?,35+,38+,53?/m0/s1. The summed E-state index contributed by atoms with van der Waals surface area (Å²) >= 11 is 0. The van der Waals surface area contributed by atoms with Crippen molar-refractivity contribution in [2.45, 2.75) is 102 Å². The summed E-state index contributed by atoms with van der Waals surface area (Å²) in [7, 11) is -4.72. The SMILES string of the molecule is COc1ccc(C(Nc2ncnc3c2ncn3[C@@H]2OC3C(OP(=O)(OC(C)C)O[C@H]3C)[C@H]2O[Si](C)(C)C(C)(C)C)(c2ccccc2)c2ccccc2)cc1. The van der Waals surface area contributed by atoms with Crippen LogP contribution in [-0.4, -0.2) is 65.5 Å². The van der Waals surface area contributed by atoms with Crippen LogP contribution in [0.25, 0.3) is 11.2 Å². The molecule has 12 nitrogen and oxygen atoms in total. The van der Waals surface area contributed by atoms with Crippen LogP contribution in [0, 0.1) is 0 Å². The van der Waals surface area contributed by atoms with Crippen LogP contribution in [0.5, 0.6) is 5.75 Å². The Morgan fingerprint density at radius 1 is 0.852 bits per heavy atom. The fraction of sp³-hybridized carbons (Fsp3) is 0.425. The first-order valence-corrected chi connectivity index (χ1v) is 22.7. The Morgan fingerprint density at radius 2 is 1.46 bits per heavy atom. The van der Waals surface area contributed by atoms with Gasteiger partial charge in [0.1, 0.15) is 35.9 Å². The largest absolute Gasteiger partial charge is 0.497 e. The number of fused-ring (bicyclic) bond motifs is 2. The Balaban J connectivity index is 1.35. The zero-order valence-electron chi connectivity index (χ0n) is 32.3. The number of methoxy groups -OCH3 is 1. The average molecular weight is 772 g/mol. The summed E-state index contributed by atoms with van der Waals surface area (Å²) in [6, 6.07) is 28.6. The minimum absolute atomic E-state index is 0.138. The molecule has 2 fully saturated rings. The zero-order chi connectivity index (χ0) is 38.5. The highest BCUT2D eigenvalue weighted by atomic mass is 31.2. The van der Waals surface area contributed by atoms with E-state index in [1.54, 1.807) is 27.3 Å². The topological polar surface area (TPSA) is 128 Å². The van der Waals surface area contributed by atoms with Crippen LogP contribution in [-0.2, 0) is 32.8 Å². The molecule has 0 bridgehead atoms. The summed E-state index contributed by atoms with van der Waals surface area (Å²) in [6.45, 7) is 16.3. The van der Waals surface area contributed by atoms with Crippen molar-refractivity contribution in [2.24, 2.45) is 0 Å². The molecule has 14 heteroatoms. The van der Waals surface area contributed by atoms with Crippen molar-refractivity contribution >= 4 is 33.1 Å². The molecule has 3 unspecified atom stereocenters. The minimum Gasteiger partial charge on any atom is -0.497 e. The molecule has 4 heterocycles. The smallest absolute Gasteiger partial charge is 0.475 e. The van der Waals surface area contributed by atoms with E-state index in [4.69, 9.17) is 42.4 Å². The Hall–Kier alpha value is -3.94. The van der Waals surface area contributed by atoms with Gasteiger partial charge in [0.25, 0.3) is 0 Å². The molecule has 0 spiro atoms. The lowest BCUT2D eigenvalue weighted by atomic mass is 9.77. The number of phosphoric acid groups is 1. The van der Waals surface area contributed by atoms with Crippen LogP contribution in [0.15, 0.2) is 97.6 Å². The van der Waals surface area contributed by atoms with Crippen LogP contribution in [0.4, 0.5) is 5.82 Å². The summed E-state index contributed by atoms with van der Waals surface area (Å²) in [5.41, 5.74) is 3.13. The molecule has 286 valence electrons. The molecule has 54 heavy (non-hydrogen) atoms. The van der Waals surface area contributed by atoms with Gasteiger partial charge in [0.2, 0.25) is 0 Å². The number of rotatable bonds is 11. The minimum atomic E-state index is -3.93. The van der Waals surface area contributed by atoms with Crippen molar-refractivity contribution in [1.82, 2.24) is 19.5 Å². The van der Waals surface area contributed by atoms with E-state index in [0.29, 0.717) is 17.0 Å². The summed E-state index contributed by atoms with van der Waals surface area (Å²) in [6.07, 6.45) is -0.524. The predicted molar refractivity (Wildman–Crippen MR) is 210 cm³/mol. The molecule has 2 aromatic heterocycles. The molecule has 3 aromatic carbocycles. The highest BCUT2D eigenvalue weighted by molar-refractivity contribution is 7.48. The number of imidazole rings is 1. The normalized spacial score (nSPS) is 24.8. The van der Waals surface area contributed by atoms with Gasteiger partial charge >= 0.3 is 7.82 Å². The molecule has 0 aliphatic carbocycles. The van der Waals surface area contributed by atoms with Gasteiger partial charge in [-0.15, -0.1) is 0 Å². The van der Waals surface area contributed by atoms with Crippen molar-refractivity contribution in [3.8, 4) is 5.75 Å². The maximum absolute atomic E-state index is 13.9. The fourth-order valence-corrected chi connectivity index (χ4v) is 10.0. The van der Waals surface area contributed by atoms with E-state index in [2.05, 4.69) is 75.6 Å². The first kappa shape index (κ1) is 38.3. The van der Waals surface area contributed by atoms with Gasteiger partial charge in [0.15, 0.2) is 31.5 Å². The number of nitrogens with one attached hydrogen (secondary N) is 1. The maximum Gasteiger partial charge on any atom is 0.475 e. The number of hydrogen-bond acceptors (Lipinski definition) is 11. The molecule has 0 radical (unpaired) electrons. The van der Waals surface area contributed by atoms with E-state index < -0.39 is 52.3 Å². The van der Waals surface area contributed by atoms with Crippen molar-refractivity contribution in [1.29, 1.82) is 0 Å². The van der Waals surface area contributed by atoms with Gasteiger partial charge in [-0.25, -0.2) is 19.5 Å². The van der Waals surface area contributed by atoms with Gasteiger partial charge < -0.3 is 19.2 Å². The molecule has 2 saturated heterocycles. The number of ether oxygens (including phenoxy) is 2. The van der Waals surface area contributed by atoms with E-state index >= 15 is 0 Å². The number of hydrogen-bond donors (Lipinski definition) is 1. The quantitative estimate of drug-likeness (QED) is 0.0786. The Bertz CT molecular complexity index is 2070. The van der Waals surface area contributed by atoms with E-state index in [0.717, 1.165) is 22.4 Å². The molecule has 2 aliphatic heterocycles. The molecule has 2 aliphatic rings. The molecule has 0 amide bonds. The first-order valence-electron chi connectivity index (χ1n) is 18.4. The zero-order valence-corrected chi connectivity index (χ0v) is 34.2. The van der Waals surface area contributed by atoms with E-state index in [1.165, 1.54) is 6.33 Å². The lowest BCUT2D eigenvalue weighted by molar-refractivity contribution is -0.106. The third-order valence-corrected chi connectivity index (χ3v) is 16.9. The summed E-state index contributed by atoms with van der Waals surface area (Å²) in [4.78, 5) is 14.5. The van der Waals surface area contributed by atoms with Gasteiger partial charge in [-0.05, 0) is 67.7 Å². The molecule has 0 saturated carbocycles. The molecule has 6 atom stereocenters. The van der Waals surface area contributed by atoms with Gasteiger partial charge in [-0.3, -0.25) is 18.1 Å². The number of nitrogens with zero attached hydrogens (tertiary/aromatic N) is 4. The second kappa shape index (κ2) is 14.6. The van der Waals surface area contributed by atoms with Crippen molar-refractivity contribution in [3.63, 3.8) is 0 Å². The van der Waals surface area contributed by atoms with Crippen LogP contribution >= 0.6 is 7.82 Å². The van der Waals surface area contributed by atoms with Crippen molar-refractivity contribution in [2.75, 3.05) is 12.4 Å².